The van der Waals surface area contributed by atoms with Gasteiger partial charge in [-0.3, -0.25) is 0 Å². The molecular weight excluding hydrogens is 292 g/mol. The molecule has 1 aliphatic heterocycles. The first-order valence-corrected chi connectivity index (χ1v) is 8.62. The average Bonchev–Trinajstić information content (AvgIpc) is 2.44. The number of nitrogens with zero attached hydrogens (tertiary/aromatic N) is 1. The third-order valence-corrected chi connectivity index (χ3v) is 4.39. The van der Waals surface area contributed by atoms with Gasteiger partial charge >= 0.3 is 6.09 Å². The number of nitrogens with two attached hydrogens (primary N) is 1. The Morgan fingerprint density at radius 3 is 2.71 bits per heavy atom. The first-order valence-electron chi connectivity index (χ1n) is 6.90. The molecule has 0 aliphatic carbocycles. The molecule has 2 rings (SSSR count). The fraction of sp³-hybridized carbons (Fsp3) is 0.500. The third-order valence-electron chi connectivity index (χ3n) is 3.45. The van der Waals surface area contributed by atoms with E-state index in [4.69, 9.17) is 9.88 Å². The van der Waals surface area contributed by atoms with E-state index in [0.717, 1.165) is 18.4 Å². The Morgan fingerprint density at radius 1 is 1.33 bits per heavy atom. The molecule has 1 aromatic carbocycles. The van der Waals surface area contributed by atoms with Crippen LogP contribution >= 0.6 is 0 Å². The number of carbonyl (C=O) groups is 1. The van der Waals surface area contributed by atoms with Crippen molar-refractivity contribution < 1.29 is 17.9 Å². The number of ether oxygens (including phenoxy) is 1. The van der Waals surface area contributed by atoms with Gasteiger partial charge in [0.2, 0.25) is 10.0 Å². The molecule has 1 heterocycles. The maximum Gasteiger partial charge on any atom is 0.410 e. The maximum atomic E-state index is 12.0. The zero-order valence-corrected chi connectivity index (χ0v) is 12.6. The molecular formula is C14H20N2O4S. The minimum Gasteiger partial charge on any atom is -0.445 e. The van der Waals surface area contributed by atoms with E-state index in [2.05, 4.69) is 0 Å². The Bertz CT molecular complexity index is 574. The molecule has 1 fully saturated rings. The molecule has 0 aromatic heterocycles. The Kier molecular flexibility index (Phi) is 5.19. The molecule has 1 saturated heterocycles. The van der Waals surface area contributed by atoms with Gasteiger partial charge in [-0.1, -0.05) is 30.3 Å². The zero-order valence-electron chi connectivity index (χ0n) is 11.8. The molecule has 7 heteroatoms. The molecule has 1 unspecified atom stereocenters. The lowest BCUT2D eigenvalue weighted by atomic mass is 10.0. The summed E-state index contributed by atoms with van der Waals surface area (Å²) in [4.78, 5) is 13.6. The van der Waals surface area contributed by atoms with E-state index in [0.29, 0.717) is 13.1 Å². The van der Waals surface area contributed by atoms with E-state index in [1.165, 1.54) is 0 Å². The van der Waals surface area contributed by atoms with Crippen molar-refractivity contribution in [2.75, 3.05) is 18.8 Å². The number of piperidine rings is 1. The van der Waals surface area contributed by atoms with E-state index >= 15 is 0 Å². The van der Waals surface area contributed by atoms with Crippen LogP contribution in [0.4, 0.5) is 4.79 Å². The molecule has 21 heavy (non-hydrogen) atoms. The molecule has 0 saturated carbocycles. The lowest BCUT2D eigenvalue weighted by molar-refractivity contribution is 0.0813. The highest BCUT2D eigenvalue weighted by molar-refractivity contribution is 7.89. The van der Waals surface area contributed by atoms with Crippen LogP contribution in [0.15, 0.2) is 30.3 Å². The van der Waals surface area contributed by atoms with Gasteiger partial charge in [0.1, 0.15) is 6.61 Å². The van der Waals surface area contributed by atoms with E-state index in [-0.39, 0.29) is 18.3 Å². The minimum absolute atomic E-state index is 0.0878. The van der Waals surface area contributed by atoms with Crippen molar-refractivity contribution >= 4 is 16.1 Å². The highest BCUT2D eigenvalue weighted by Gasteiger charge is 2.27. The minimum atomic E-state index is -3.51. The van der Waals surface area contributed by atoms with E-state index in [1.54, 1.807) is 4.90 Å². The Balaban J connectivity index is 1.84. The second-order valence-corrected chi connectivity index (χ2v) is 6.98. The van der Waals surface area contributed by atoms with Crippen molar-refractivity contribution in [2.45, 2.75) is 19.4 Å². The van der Waals surface area contributed by atoms with Gasteiger partial charge in [-0.05, 0) is 24.3 Å². The summed E-state index contributed by atoms with van der Waals surface area (Å²) in [6, 6.07) is 9.42. The number of sulfonamides is 1. The van der Waals surface area contributed by atoms with E-state index in [1.807, 2.05) is 30.3 Å². The number of hydrogen-bond acceptors (Lipinski definition) is 4. The molecule has 0 bridgehead atoms. The fourth-order valence-corrected chi connectivity index (χ4v) is 3.44. The molecule has 0 spiro atoms. The summed E-state index contributed by atoms with van der Waals surface area (Å²) in [6.07, 6.45) is 1.12. The quantitative estimate of drug-likeness (QED) is 0.908. The van der Waals surface area contributed by atoms with E-state index in [9.17, 15) is 13.2 Å². The monoisotopic (exact) mass is 312 g/mol. The van der Waals surface area contributed by atoms with Crippen LogP contribution in [0.3, 0.4) is 0 Å². The second kappa shape index (κ2) is 6.91. The number of amides is 1. The molecule has 1 aliphatic rings. The van der Waals surface area contributed by atoms with Crippen molar-refractivity contribution in [1.82, 2.24) is 4.90 Å². The van der Waals surface area contributed by atoms with Gasteiger partial charge < -0.3 is 9.64 Å². The van der Waals surface area contributed by atoms with Gasteiger partial charge in [0.25, 0.3) is 0 Å². The zero-order chi connectivity index (χ0) is 15.3. The predicted molar refractivity (Wildman–Crippen MR) is 78.9 cm³/mol. The molecule has 1 atom stereocenters. The number of primary sulfonamides is 1. The highest BCUT2D eigenvalue weighted by Crippen LogP contribution is 2.18. The average molecular weight is 312 g/mol. The van der Waals surface area contributed by atoms with Gasteiger partial charge in [0.15, 0.2) is 0 Å². The standard InChI is InChI=1S/C14H20N2O4S/c15-21(18,19)11-13-7-4-8-16(9-13)14(17)20-10-12-5-2-1-3-6-12/h1-3,5-6,13H,4,7-11H2,(H2,15,18,19). The topological polar surface area (TPSA) is 89.7 Å². The van der Waals surface area contributed by atoms with Crippen molar-refractivity contribution in [1.29, 1.82) is 0 Å². The Morgan fingerprint density at radius 2 is 2.05 bits per heavy atom. The largest absolute Gasteiger partial charge is 0.445 e. The number of carbonyl (C=O) groups excluding carboxylic acids is 1. The van der Waals surface area contributed by atoms with E-state index < -0.39 is 16.1 Å². The normalized spacial score (nSPS) is 19.3. The summed E-state index contributed by atoms with van der Waals surface area (Å²) in [7, 11) is -3.51. The first kappa shape index (κ1) is 15.8. The first-order chi connectivity index (χ1) is 9.94. The lowest BCUT2D eigenvalue weighted by Crippen LogP contribution is -2.42. The summed E-state index contributed by atoms with van der Waals surface area (Å²) in [5, 5.41) is 5.06. The van der Waals surface area contributed by atoms with Crippen molar-refractivity contribution in [3.05, 3.63) is 35.9 Å². The number of rotatable bonds is 4. The molecule has 0 radical (unpaired) electrons. The fourth-order valence-electron chi connectivity index (χ4n) is 2.51. The lowest BCUT2D eigenvalue weighted by Gasteiger charge is -2.31. The molecule has 6 nitrogen and oxygen atoms in total. The Labute approximate surface area is 124 Å². The van der Waals surface area contributed by atoms with Crippen LogP contribution in [-0.4, -0.2) is 38.3 Å². The summed E-state index contributed by atoms with van der Waals surface area (Å²) in [5.74, 6) is -0.201. The van der Waals surface area contributed by atoms with Gasteiger partial charge in [0.05, 0.1) is 5.75 Å². The van der Waals surface area contributed by atoms with Gasteiger partial charge in [-0.2, -0.15) is 0 Å². The summed E-state index contributed by atoms with van der Waals surface area (Å²) in [6.45, 7) is 1.19. The van der Waals surface area contributed by atoms with Gasteiger partial charge in [-0.25, -0.2) is 18.4 Å². The molecule has 116 valence electrons. The molecule has 1 aromatic rings. The highest BCUT2D eigenvalue weighted by atomic mass is 32.2. The van der Waals surface area contributed by atoms with Crippen LogP contribution in [0.5, 0.6) is 0 Å². The smallest absolute Gasteiger partial charge is 0.410 e. The number of hydrogen-bond donors (Lipinski definition) is 1. The maximum absolute atomic E-state index is 12.0. The molecule has 1 amide bonds. The second-order valence-electron chi connectivity index (χ2n) is 5.32. The Hall–Kier alpha value is -1.60. The number of likely N-dealkylation sites (tertiary alicyclic amines) is 1. The third kappa shape index (κ3) is 5.35. The SMILES string of the molecule is NS(=O)(=O)CC1CCCN(C(=O)OCc2ccccc2)C1. The van der Waals surface area contributed by atoms with Crippen molar-refractivity contribution in [3.8, 4) is 0 Å². The van der Waals surface area contributed by atoms with Crippen LogP contribution < -0.4 is 5.14 Å². The van der Waals surface area contributed by atoms with Crippen molar-refractivity contribution in [2.24, 2.45) is 11.1 Å². The van der Waals surface area contributed by atoms with Crippen molar-refractivity contribution in [3.63, 3.8) is 0 Å². The summed E-state index contributed by atoms with van der Waals surface area (Å²) in [5.41, 5.74) is 0.920. The van der Waals surface area contributed by atoms with Crippen LogP contribution in [-0.2, 0) is 21.4 Å². The van der Waals surface area contributed by atoms with Crippen LogP contribution in [0, 0.1) is 5.92 Å². The summed E-state index contributed by atoms with van der Waals surface area (Å²) >= 11 is 0. The number of benzene rings is 1. The van der Waals surface area contributed by atoms with Crippen LogP contribution in [0.2, 0.25) is 0 Å². The molecule has 2 N–H and O–H groups in total. The summed E-state index contributed by atoms with van der Waals surface area (Å²) < 4.78 is 27.5. The predicted octanol–water partition coefficient (Wildman–Crippen LogP) is 1.32. The van der Waals surface area contributed by atoms with Gasteiger partial charge in [0, 0.05) is 13.1 Å². The van der Waals surface area contributed by atoms with Crippen LogP contribution in [0.1, 0.15) is 18.4 Å². The van der Waals surface area contributed by atoms with Gasteiger partial charge in [-0.15, -0.1) is 0 Å². The van der Waals surface area contributed by atoms with Crippen LogP contribution in [0.25, 0.3) is 0 Å².